The molecule has 0 bridgehead atoms. The molecule has 2 unspecified atom stereocenters. The van der Waals surface area contributed by atoms with E-state index in [0.717, 1.165) is 47.9 Å². The quantitative estimate of drug-likeness (QED) is 0.791. The van der Waals surface area contributed by atoms with Gasteiger partial charge in [-0.25, -0.2) is 0 Å². The summed E-state index contributed by atoms with van der Waals surface area (Å²) in [5.41, 5.74) is 2.16. The number of hydrogen-bond donors (Lipinski definition) is 3. The minimum Gasteiger partial charge on any atom is -0.496 e. The molecule has 1 saturated carbocycles. The third-order valence-electron chi connectivity index (χ3n) is 4.48. The number of fused-ring (bicyclic) bond motifs is 1. The van der Waals surface area contributed by atoms with Crippen LogP contribution in [0.3, 0.4) is 0 Å². The first-order valence-corrected chi connectivity index (χ1v) is 7.79. The lowest BCUT2D eigenvalue weighted by Gasteiger charge is -2.14. The van der Waals surface area contributed by atoms with Crippen LogP contribution >= 0.6 is 0 Å². The van der Waals surface area contributed by atoms with Crippen molar-refractivity contribution in [2.24, 2.45) is 5.92 Å². The van der Waals surface area contributed by atoms with Crippen molar-refractivity contribution in [3.05, 3.63) is 30.0 Å². The standard InChI is InChI=1S/C17H22N2O3/c1-22-15-7-3-5-13-16(15)11(10-19-13)8-9-18-17(21)12-4-2-6-14(12)20/h3,5,7,10,12,14,19-20H,2,4,6,8-9H2,1H3,(H,18,21). The van der Waals surface area contributed by atoms with Gasteiger partial charge in [0.2, 0.25) is 5.91 Å². The molecule has 5 nitrogen and oxygen atoms in total. The molecule has 1 aromatic carbocycles. The van der Waals surface area contributed by atoms with Gasteiger partial charge in [0, 0.05) is 23.6 Å². The van der Waals surface area contributed by atoms with Crippen LogP contribution < -0.4 is 10.1 Å². The normalized spacial score (nSPS) is 21.2. The number of hydrogen-bond acceptors (Lipinski definition) is 3. The second-order valence-corrected chi connectivity index (χ2v) is 5.84. The average Bonchev–Trinajstić information content (AvgIpc) is 3.13. The van der Waals surface area contributed by atoms with Gasteiger partial charge in [0.25, 0.3) is 0 Å². The Balaban J connectivity index is 1.63. The Morgan fingerprint density at radius 3 is 3.05 bits per heavy atom. The van der Waals surface area contributed by atoms with Crippen LogP contribution in [0.25, 0.3) is 10.9 Å². The van der Waals surface area contributed by atoms with Crippen molar-refractivity contribution in [1.82, 2.24) is 10.3 Å². The molecular formula is C17H22N2O3. The summed E-state index contributed by atoms with van der Waals surface area (Å²) in [5, 5.41) is 13.8. The molecule has 118 valence electrons. The summed E-state index contributed by atoms with van der Waals surface area (Å²) in [6.45, 7) is 0.563. The zero-order valence-corrected chi connectivity index (χ0v) is 12.8. The molecule has 0 aliphatic heterocycles. The Hall–Kier alpha value is -2.01. The fraction of sp³-hybridized carbons (Fsp3) is 0.471. The van der Waals surface area contributed by atoms with E-state index in [0.29, 0.717) is 6.54 Å². The second kappa shape index (κ2) is 6.40. The van der Waals surface area contributed by atoms with E-state index in [2.05, 4.69) is 10.3 Å². The van der Waals surface area contributed by atoms with E-state index in [4.69, 9.17) is 4.74 Å². The van der Waals surface area contributed by atoms with Crippen LogP contribution in [0.15, 0.2) is 24.4 Å². The fourth-order valence-electron chi connectivity index (χ4n) is 3.28. The topological polar surface area (TPSA) is 74.3 Å². The van der Waals surface area contributed by atoms with Crippen molar-refractivity contribution in [1.29, 1.82) is 0 Å². The van der Waals surface area contributed by atoms with Crippen LogP contribution in [-0.2, 0) is 11.2 Å². The minimum absolute atomic E-state index is 0.0307. The Bertz CT molecular complexity index is 665. The number of methoxy groups -OCH3 is 1. The van der Waals surface area contributed by atoms with Crippen LogP contribution in [-0.4, -0.2) is 35.8 Å². The maximum Gasteiger partial charge on any atom is 0.225 e. The lowest BCUT2D eigenvalue weighted by atomic mass is 10.0. The number of carbonyl (C=O) groups excluding carboxylic acids is 1. The van der Waals surface area contributed by atoms with Gasteiger partial charge in [-0.05, 0) is 43.4 Å². The number of aliphatic hydroxyl groups is 1. The van der Waals surface area contributed by atoms with E-state index < -0.39 is 6.10 Å². The van der Waals surface area contributed by atoms with Crippen LogP contribution in [0, 0.1) is 5.92 Å². The van der Waals surface area contributed by atoms with Gasteiger partial charge in [-0.2, -0.15) is 0 Å². The molecule has 0 radical (unpaired) electrons. The molecule has 0 saturated heterocycles. The lowest BCUT2D eigenvalue weighted by Crippen LogP contribution is -2.35. The van der Waals surface area contributed by atoms with Gasteiger partial charge in [0.05, 0.1) is 19.1 Å². The average molecular weight is 302 g/mol. The maximum absolute atomic E-state index is 12.1. The minimum atomic E-state index is -0.479. The molecule has 1 amide bonds. The van der Waals surface area contributed by atoms with Gasteiger partial charge in [0.15, 0.2) is 0 Å². The first kappa shape index (κ1) is 14.9. The summed E-state index contributed by atoms with van der Waals surface area (Å²) in [6, 6.07) is 5.90. The zero-order chi connectivity index (χ0) is 15.5. The van der Waals surface area contributed by atoms with E-state index in [1.165, 1.54) is 0 Å². The molecule has 2 aromatic rings. The molecule has 3 N–H and O–H groups in total. The maximum atomic E-state index is 12.1. The smallest absolute Gasteiger partial charge is 0.225 e. The number of ether oxygens (including phenoxy) is 1. The summed E-state index contributed by atoms with van der Waals surface area (Å²) in [7, 11) is 1.66. The fourth-order valence-corrected chi connectivity index (χ4v) is 3.28. The molecular weight excluding hydrogens is 280 g/mol. The number of amides is 1. The van der Waals surface area contributed by atoms with E-state index in [-0.39, 0.29) is 11.8 Å². The number of aromatic nitrogens is 1. The Morgan fingerprint density at radius 1 is 1.45 bits per heavy atom. The van der Waals surface area contributed by atoms with Crippen molar-refractivity contribution < 1.29 is 14.6 Å². The second-order valence-electron chi connectivity index (χ2n) is 5.84. The molecule has 1 aliphatic carbocycles. The van der Waals surface area contributed by atoms with Crippen LogP contribution in [0.5, 0.6) is 5.75 Å². The predicted octanol–water partition coefficient (Wildman–Crippen LogP) is 2.00. The number of nitrogens with one attached hydrogen (secondary N) is 2. The molecule has 1 fully saturated rings. The molecule has 1 aromatic heterocycles. The number of aromatic amines is 1. The summed E-state index contributed by atoms with van der Waals surface area (Å²) >= 11 is 0. The number of carbonyl (C=O) groups is 1. The summed E-state index contributed by atoms with van der Waals surface area (Å²) in [4.78, 5) is 15.3. The van der Waals surface area contributed by atoms with Crippen LogP contribution in [0.2, 0.25) is 0 Å². The molecule has 3 rings (SSSR count). The lowest BCUT2D eigenvalue weighted by molar-refractivity contribution is -0.127. The number of rotatable bonds is 5. The monoisotopic (exact) mass is 302 g/mol. The first-order valence-electron chi connectivity index (χ1n) is 7.79. The zero-order valence-electron chi connectivity index (χ0n) is 12.8. The molecule has 5 heteroatoms. The molecule has 0 spiro atoms. The highest BCUT2D eigenvalue weighted by molar-refractivity contribution is 5.89. The highest BCUT2D eigenvalue weighted by atomic mass is 16.5. The first-order chi connectivity index (χ1) is 10.7. The molecule has 2 atom stereocenters. The number of benzene rings is 1. The Labute approximate surface area is 129 Å². The predicted molar refractivity (Wildman–Crippen MR) is 84.9 cm³/mol. The highest BCUT2D eigenvalue weighted by Crippen LogP contribution is 2.29. The van der Waals surface area contributed by atoms with E-state index >= 15 is 0 Å². The van der Waals surface area contributed by atoms with E-state index in [1.807, 2.05) is 24.4 Å². The van der Waals surface area contributed by atoms with Crippen molar-refractivity contribution in [3.8, 4) is 5.75 Å². The number of H-pyrrole nitrogens is 1. The highest BCUT2D eigenvalue weighted by Gasteiger charge is 2.31. The van der Waals surface area contributed by atoms with Crippen molar-refractivity contribution in [3.63, 3.8) is 0 Å². The van der Waals surface area contributed by atoms with Gasteiger partial charge in [-0.1, -0.05) is 6.07 Å². The van der Waals surface area contributed by atoms with Crippen molar-refractivity contribution in [2.45, 2.75) is 31.8 Å². The van der Waals surface area contributed by atoms with Crippen molar-refractivity contribution >= 4 is 16.8 Å². The number of aliphatic hydroxyl groups excluding tert-OH is 1. The van der Waals surface area contributed by atoms with Gasteiger partial charge in [-0.15, -0.1) is 0 Å². The van der Waals surface area contributed by atoms with E-state index in [9.17, 15) is 9.90 Å². The SMILES string of the molecule is COc1cccc2[nH]cc(CCNC(=O)C3CCCC3O)c12. The molecule has 1 heterocycles. The largest absolute Gasteiger partial charge is 0.496 e. The van der Waals surface area contributed by atoms with E-state index in [1.54, 1.807) is 7.11 Å². The Morgan fingerprint density at radius 2 is 2.32 bits per heavy atom. The molecule has 22 heavy (non-hydrogen) atoms. The molecule has 1 aliphatic rings. The summed E-state index contributed by atoms with van der Waals surface area (Å²) in [5.74, 6) is 0.570. The Kier molecular flexibility index (Phi) is 4.34. The van der Waals surface area contributed by atoms with Gasteiger partial charge in [0.1, 0.15) is 5.75 Å². The van der Waals surface area contributed by atoms with Crippen LogP contribution in [0.1, 0.15) is 24.8 Å². The van der Waals surface area contributed by atoms with Gasteiger partial charge < -0.3 is 20.1 Å². The van der Waals surface area contributed by atoms with Gasteiger partial charge >= 0.3 is 0 Å². The van der Waals surface area contributed by atoms with Crippen LogP contribution in [0.4, 0.5) is 0 Å². The van der Waals surface area contributed by atoms with Gasteiger partial charge in [-0.3, -0.25) is 4.79 Å². The third kappa shape index (κ3) is 2.81. The van der Waals surface area contributed by atoms with Crippen molar-refractivity contribution in [2.75, 3.05) is 13.7 Å². The third-order valence-corrected chi connectivity index (χ3v) is 4.48. The summed E-state index contributed by atoms with van der Waals surface area (Å²) < 4.78 is 5.41. The summed E-state index contributed by atoms with van der Waals surface area (Å²) in [6.07, 6.45) is 4.66.